The summed E-state index contributed by atoms with van der Waals surface area (Å²) in [6.07, 6.45) is 1.86. The molecule has 33 heavy (non-hydrogen) atoms. The Labute approximate surface area is 188 Å². The fourth-order valence-corrected chi connectivity index (χ4v) is 2.61. The number of nitrogens with two attached hydrogens (primary N) is 3. The second-order valence-electron chi connectivity index (χ2n) is 7.25. The summed E-state index contributed by atoms with van der Waals surface area (Å²) in [5.74, 6) is -5.44. The summed E-state index contributed by atoms with van der Waals surface area (Å²) in [5.41, 5.74) is 16.1. The van der Waals surface area contributed by atoms with E-state index < -0.39 is 66.1 Å². The number of H-pyrrole nitrogens is 1. The number of imidazole rings is 1. The van der Waals surface area contributed by atoms with Gasteiger partial charge in [0.15, 0.2) is 0 Å². The average molecular weight is 468 g/mol. The molecule has 1 heterocycles. The Morgan fingerprint density at radius 1 is 1.00 bits per heavy atom. The second-order valence-corrected chi connectivity index (χ2v) is 7.25. The van der Waals surface area contributed by atoms with Crippen LogP contribution in [0.2, 0.25) is 0 Å². The first kappa shape index (κ1) is 27.0. The van der Waals surface area contributed by atoms with Crippen LogP contribution < -0.4 is 33.2 Å². The SMILES string of the molecule is CC(NC(=O)C(N)CCC(N)=O)C(=O)NC(Cc1cnc[nH]1)C(=O)NC(CC(N)=O)C(=O)O. The number of rotatable bonds is 14. The summed E-state index contributed by atoms with van der Waals surface area (Å²) < 4.78 is 0. The van der Waals surface area contributed by atoms with Crippen LogP contribution in [-0.4, -0.2) is 74.7 Å². The fourth-order valence-electron chi connectivity index (χ4n) is 2.61. The third-order valence-electron chi connectivity index (χ3n) is 4.42. The number of nitrogens with one attached hydrogen (secondary N) is 4. The van der Waals surface area contributed by atoms with Crippen LogP contribution in [0.5, 0.6) is 0 Å². The number of amides is 5. The predicted molar refractivity (Wildman–Crippen MR) is 112 cm³/mol. The smallest absolute Gasteiger partial charge is 0.326 e. The zero-order valence-corrected chi connectivity index (χ0v) is 17.9. The quantitative estimate of drug-likeness (QED) is 0.132. The molecule has 0 saturated heterocycles. The molecule has 0 bridgehead atoms. The number of aromatic amines is 1. The number of carbonyl (C=O) groups excluding carboxylic acids is 5. The van der Waals surface area contributed by atoms with Crippen LogP contribution in [0.15, 0.2) is 12.5 Å². The van der Waals surface area contributed by atoms with Crippen molar-refractivity contribution in [2.24, 2.45) is 17.2 Å². The van der Waals surface area contributed by atoms with Gasteiger partial charge in [0.2, 0.25) is 29.5 Å². The fraction of sp³-hybridized carbons (Fsp3) is 0.500. The molecule has 0 spiro atoms. The number of carboxylic acids is 1. The summed E-state index contributed by atoms with van der Waals surface area (Å²) >= 11 is 0. The lowest BCUT2D eigenvalue weighted by Crippen LogP contribution is -2.57. The van der Waals surface area contributed by atoms with Gasteiger partial charge in [0, 0.05) is 24.7 Å². The van der Waals surface area contributed by atoms with Gasteiger partial charge in [0.25, 0.3) is 0 Å². The van der Waals surface area contributed by atoms with E-state index in [0.29, 0.717) is 5.69 Å². The van der Waals surface area contributed by atoms with Gasteiger partial charge in [0.1, 0.15) is 18.1 Å². The molecule has 182 valence electrons. The molecule has 0 aliphatic heterocycles. The molecule has 4 unspecified atom stereocenters. The highest BCUT2D eigenvalue weighted by Crippen LogP contribution is 2.03. The lowest BCUT2D eigenvalue weighted by Gasteiger charge is -2.23. The molecule has 1 aromatic heterocycles. The van der Waals surface area contributed by atoms with Crippen molar-refractivity contribution in [2.45, 2.75) is 56.8 Å². The third kappa shape index (κ3) is 9.77. The van der Waals surface area contributed by atoms with Crippen LogP contribution in [0.4, 0.5) is 0 Å². The predicted octanol–water partition coefficient (Wildman–Crippen LogP) is -4.02. The van der Waals surface area contributed by atoms with Crippen molar-refractivity contribution in [1.82, 2.24) is 25.9 Å². The van der Waals surface area contributed by atoms with Crippen LogP contribution in [0.3, 0.4) is 0 Å². The third-order valence-corrected chi connectivity index (χ3v) is 4.42. The van der Waals surface area contributed by atoms with E-state index in [9.17, 15) is 33.9 Å². The number of primary amides is 2. The van der Waals surface area contributed by atoms with E-state index in [0.717, 1.165) is 0 Å². The number of carboxylic acid groups (broad SMARTS) is 1. The molecule has 0 radical (unpaired) electrons. The minimum atomic E-state index is -1.60. The monoisotopic (exact) mass is 468 g/mol. The van der Waals surface area contributed by atoms with Gasteiger partial charge in [0.05, 0.1) is 18.8 Å². The first-order chi connectivity index (χ1) is 15.4. The van der Waals surface area contributed by atoms with Gasteiger partial charge in [-0.3, -0.25) is 24.0 Å². The first-order valence-electron chi connectivity index (χ1n) is 9.84. The lowest BCUT2D eigenvalue weighted by molar-refractivity contribution is -0.143. The molecule has 0 aromatic carbocycles. The molecular weight excluding hydrogens is 440 g/mol. The number of aromatic nitrogens is 2. The number of hydrogen-bond acceptors (Lipinski definition) is 8. The van der Waals surface area contributed by atoms with Crippen molar-refractivity contribution < 1.29 is 33.9 Å². The van der Waals surface area contributed by atoms with Crippen molar-refractivity contribution >= 4 is 35.5 Å². The van der Waals surface area contributed by atoms with Crippen LogP contribution in [0, 0.1) is 0 Å². The molecule has 15 nitrogen and oxygen atoms in total. The maximum Gasteiger partial charge on any atom is 0.326 e. The molecule has 5 amide bonds. The van der Waals surface area contributed by atoms with Gasteiger partial charge < -0.3 is 43.2 Å². The summed E-state index contributed by atoms with van der Waals surface area (Å²) in [6.45, 7) is 1.34. The van der Waals surface area contributed by atoms with Gasteiger partial charge in [-0.2, -0.15) is 0 Å². The Hall–Kier alpha value is -4.01. The Bertz CT molecular complexity index is 873. The van der Waals surface area contributed by atoms with Crippen molar-refractivity contribution in [2.75, 3.05) is 0 Å². The topological polar surface area (TPSA) is 265 Å². The van der Waals surface area contributed by atoms with E-state index in [2.05, 4.69) is 25.9 Å². The summed E-state index contributed by atoms with van der Waals surface area (Å²) in [4.78, 5) is 77.1. The van der Waals surface area contributed by atoms with E-state index in [1.54, 1.807) is 0 Å². The Morgan fingerprint density at radius 3 is 2.15 bits per heavy atom. The van der Waals surface area contributed by atoms with Gasteiger partial charge in [-0.15, -0.1) is 0 Å². The molecule has 1 aromatic rings. The van der Waals surface area contributed by atoms with E-state index in [1.807, 2.05) is 0 Å². The molecule has 1 rings (SSSR count). The van der Waals surface area contributed by atoms with Crippen LogP contribution in [-0.2, 0) is 35.2 Å². The van der Waals surface area contributed by atoms with Crippen LogP contribution in [0.1, 0.15) is 31.9 Å². The van der Waals surface area contributed by atoms with Crippen molar-refractivity contribution in [3.05, 3.63) is 18.2 Å². The second kappa shape index (κ2) is 12.7. The standard InChI is InChI=1S/C18H28N8O7/c1-8(24-16(30)10(19)2-3-13(20)27)15(29)25-11(4-9-6-22-7-23-9)17(31)26-12(18(32)33)5-14(21)28/h6-8,10-12H,2-5,19H2,1H3,(H2,20,27)(H2,21,28)(H,22,23)(H,24,30)(H,25,29)(H,26,31)(H,32,33). The largest absolute Gasteiger partial charge is 0.480 e. The maximum absolute atomic E-state index is 12.7. The summed E-state index contributed by atoms with van der Waals surface area (Å²) in [7, 11) is 0. The molecule has 11 N–H and O–H groups in total. The van der Waals surface area contributed by atoms with E-state index >= 15 is 0 Å². The minimum absolute atomic E-state index is 0.0171. The molecule has 0 aliphatic carbocycles. The number of nitrogens with zero attached hydrogens (tertiary/aromatic N) is 1. The van der Waals surface area contributed by atoms with E-state index in [4.69, 9.17) is 17.2 Å². The molecule has 15 heteroatoms. The van der Waals surface area contributed by atoms with Crippen molar-refractivity contribution in [1.29, 1.82) is 0 Å². The Balaban J connectivity index is 2.85. The first-order valence-corrected chi connectivity index (χ1v) is 9.84. The molecular formula is C18H28N8O7. The lowest BCUT2D eigenvalue weighted by atomic mass is 10.1. The molecule has 0 saturated carbocycles. The highest BCUT2D eigenvalue weighted by atomic mass is 16.4. The highest BCUT2D eigenvalue weighted by Gasteiger charge is 2.30. The zero-order chi connectivity index (χ0) is 25.1. The van der Waals surface area contributed by atoms with Crippen LogP contribution in [0.25, 0.3) is 0 Å². The average Bonchev–Trinajstić information content (AvgIpc) is 3.23. The number of hydrogen-bond donors (Lipinski definition) is 8. The highest BCUT2D eigenvalue weighted by molar-refractivity contribution is 5.94. The molecule has 0 aliphatic rings. The van der Waals surface area contributed by atoms with E-state index in [-0.39, 0.29) is 19.3 Å². The van der Waals surface area contributed by atoms with Gasteiger partial charge in [-0.05, 0) is 13.3 Å². The Morgan fingerprint density at radius 2 is 1.64 bits per heavy atom. The number of aliphatic carboxylic acids is 1. The van der Waals surface area contributed by atoms with Crippen LogP contribution >= 0.6 is 0 Å². The number of carbonyl (C=O) groups is 6. The maximum atomic E-state index is 12.7. The van der Waals surface area contributed by atoms with Crippen molar-refractivity contribution in [3.8, 4) is 0 Å². The van der Waals surface area contributed by atoms with Gasteiger partial charge in [-0.25, -0.2) is 9.78 Å². The zero-order valence-electron chi connectivity index (χ0n) is 17.9. The van der Waals surface area contributed by atoms with E-state index in [1.165, 1.54) is 19.4 Å². The van der Waals surface area contributed by atoms with Crippen molar-refractivity contribution in [3.63, 3.8) is 0 Å². The Kier molecular flexibility index (Phi) is 10.4. The molecule has 4 atom stereocenters. The minimum Gasteiger partial charge on any atom is -0.480 e. The molecule has 0 fully saturated rings. The summed E-state index contributed by atoms with van der Waals surface area (Å²) in [5, 5.41) is 16.1. The van der Waals surface area contributed by atoms with Gasteiger partial charge in [-0.1, -0.05) is 0 Å². The van der Waals surface area contributed by atoms with Gasteiger partial charge >= 0.3 is 5.97 Å². The summed E-state index contributed by atoms with van der Waals surface area (Å²) in [6, 6.07) is -5.09. The normalized spacial score (nSPS) is 14.2.